The van der Waals surface area contributed by atoms with Gasteiger partial charge in [-0.1, -0.05) is 24.8 Å². The Morgan fingerprint density at radius 3 is 2.00 bits per heavy atom. The molecule has 80 valence electrons. The minimum Gasteiger partial charge on any atom is -0.467 e. The lowest BCUT2D eigenvalue weighted by Gasteiger charge is -2.33. The molecule has 0 saturated carbocycles. The standard InChI is InChI=1S/C12H21NO/c1-5-9-10-11-12(14)13(6-2,7-3)8-4/h5,9-11H,1,6-8H2,2-4H3/p+1/b10-9+,12-11-. The molecule has 0 unspecified atom stereocenters. The average molecular weight is 196 g/mol. The Morgan fingerprint density at radius 1 is 1.14 bits per heavy atom. The molecule has 0 amide bonds. The number of hydrogen-bond donors (Lipinski definition) is 1. The summed E-state index contributed by atoms with van der Waals surface area (Å²) in [6.45, 7) is 12.6. The van der Waals surface area contributed by atoms with Gasteiger partial charge in [-0.25, -0.2) is 0 Å². The van der Waals surface area contributed by atoms with Crippen LogP contribution in [0.3, 0.4) is 0 Å². The monoisotopic (exact) mass is 196 g/mol. The lowest BCUT2D eigenvalue weighted by Crippen LogP contribution is -2.46. The third-order valence-corrected chi connectivity index (χ3v) is 2.79. The Labute approximate surface area is 87.4 Å². The topological polar surface area (TPSA) is 20.2 Å². The molecule has 0 atom stereocenters. The molecule has 2 nitrogen and oxygen atoms in total. The SMILES string of the molecule is C=C/C=C/C=C(\O)[N+](CC)(CC)CC. The minimum atomic E-state index is 0.426. The highest BCUT2D eigenvalue weighted by atomic mass is 16.3. The molecule has 0 aliphatic carbocycles. The van der Waals surface area contributed by atoms with E-state index >= 15 is 0 Å². The van der Waals surface area contributed by atoms with E-state index in [-0.39, 0.29) is 0 Å². The summed E-state index contributed by atoms with van der Waals surface area (Å²) in [5.41, 5.74) is 0. The van der Waals surface area contributed by atoms with Gasteiger partial charge in [0.25, 0.3) is 5.88 Å². The number of aliphatic hydroxyl groups is 1. The molecule has 0 rings (SSSR count). The normalized spacial score (nSPS) is 13.5. The van der Waals surface area contributed by atoms with Crippen molar-refractivity contribution in [2.75, 3.05) is 19.6 Å². The van der Waals surface area contributed by atoms with Crippen molar-refractivity contribution in [2.45, 2.75) is 20.8 Å². The third kappa shape index (κ3) is 3.04. The minimum absolute atomic E-state index is 0.426. The highest BCUT2D eigenvalue weighted by Crippen LogP contribution is 2.14. The van der Waals surface area contributed by atoms with E-state index in [1.54, 1.807) is 12.2 Å². The molecule has 0 heterocycles. The molecule has 0 saturated heterocycles. The van der Waals surface area contributed by atoms with Crippen molar-refractivity contribution in [3.63, 3.8) is 0 Å². The predicted octanol–water partition coefficient (Wildman–Crippen LogP) is 3.00. The Balaban J connectivity index is 4.73. The van der Waals surface area contributed by atoms with Gasteiger partial charge in [0.2, 0.25) is 0 Å². The number of hydrogen-bond acceptors (Lipinski definition) is 1. The molecule has 0 fully saturated rings. The largest absolute Gasteiger partial charge is 0.467 e. The van der Waals surface area contributed by atoms with Crippen LogP contribution in [0.2, 0.25) is 0 Å². The van der Waals surface area contributed by atoms with E-state index in [1.807, 2.05) is 12.2 Å². The molecule has 1 N–H and O–H groups in total. The van der Waals surface area contributed by atoms with Crippen LogP contribution in [0.1, 0.15) is 20.8 Å². The Hall–Kier alpha value is -1.02. The number of nitrogens with zero attached hydrogens (tertiary/aromatic N) is 1. The van der Waals surface area contributed by atoms with Crippen LogP contribution >= 0.6 is 0 Å². The molecule has 0 aromatic carbocycles. The highest BCUT2D eigenvalue weighted by molar-refractivity contribution is 5.09. The van der Waals surface area contributed by atoms with Crippen molar-refractivity contribution in [3.8, 4) is 0 Å². The second-order valence-corrected chi connectivity index (χ2v) is 3.24. The first-order valence-electron chi connectivity index (χ1n) is 5.21. The number of quaternary nitrogens is 1. The van der Waals surface area contributed by atoms with Crippen LogP contribution < -0.4 is 0 Å². The van der Waals surface area contributed by atoms with E-state index in [0.29, 0.717) is 10.4 Å². The van der Waals surface area contributed by atoms with Crippen LogP contribution in [0.15, 0.2) is 36.8 Å². The number of aliphatic hydroxyl groups excluding tert-OH is 1. The van der Waals surface area contributed by atoms with Gasteiger partial charge in [0.15, 0.2) is 0 Å². The maximum absolute atomic E-state index is 9.93. The van der Waals surface area contributed by atoms with Gasteiger partial charge in [-0.2, -0.15) is 0 Å². The second-order valence-electron chi connectivity index (χ2n) is 3.24. The Morgan fingerprint density at radius 2 is 1.64 bits per heavy atom. The zero-order valence-electron chi connectivity index (χ0n) is 9.53. The molecule has 0 aromatic rings. The van der Waals surface area contributed by atoms with Crippen molar-refractivity contribution >= 4 is 0 Å². The van der Waals surface area contributed by atoms with Crippen LogP contribution in [-0.4, -0.2) is 29.2 Å². The van der Waals surface area contributed by atoms with E-state index in [4.69, 9.17) is 0 Å². The van der Waals surface area contributed by atoms with Crippen molar-refractivity contribution in [1.82, 2.24) is 0 Å². The zero-order valence-corrected chi connectivity index (χ0v) is 9.53. The third-order valence-electron chi connectivity index (χ3n) is 2.79. The van der Waals surface area contributed by atoms with Crippen molar-refractivity contribution in [1.29, 1.82) is 0 Å². The van der Waals surface area contributed by atoms with Gasteiger partial charge in [0, 0.05) is 6.08 Å². The smallest absolute Gasteiger partial charge is 0.288 e. The Bertz CT molecular complexity index is 216. The fraction of sp³-hybridized carbons (Fsp3) is 0.500. The van der Waals surface area contributed by atoms with Crippen LogP contribution in [0.5, 0.6) is 0 Å². The van der Waals surface area contributed by atoms with Crippen molar-refractivity contribution < 1.29 is 9.59 Å². The van der Waals surface area contributed by atoms with Gasteiger partial charge in [0.1, 0.15) is 0 Å². The fourth-order valence-corrected chi connectivity index (χ4v) is 1.54. The summed E-state index contributed by atoms with van der Waals surface area (Å²) in [5, 5.41) is 9.93. The summed E-state index contributed by atoms with van der Waals surface area (Å²) in [6, 6.07) is 0. The summed E-state index contributed by atoms with van der Waals surface area (Å²) >= 11 is 0. The first-order chi connectivity index (χ1) is 6.66. The van der Waals surface area contributed by atoms with E-state index in [0.717, 1.165) is 19.6 Å². The summed E-state index contributed by atoms with van der Waals surface area (Å²) < 4.78 is 0.640. The lowest BCUT2D eigenvalue weighted by molar-refractivity contribution is -0.901. The van der Waals surface area contributed by atoms with Gasteiger partial charge in [-0.3, -0.25) is 4.48 Å². The van der Waals surface area contributed by atoms with Gasteiger partial charge in [-0.15, -0.1) is 0 Å². The predicted molar refractivity (Wildman–Crippen MR) is 61.9 cm³/mol. The van der Waals surface area contributed by atoms with Crippen LogP contribution in [0, 0.1) is 0 Å². The molecule has 0 spiro atoms. The molecule has 0 aromatic heterocycles. The van der Waals surface area contributed by atoms with E-state index in [2.05, 4.69) is 27.4 Å². The van der Waals surface area contributed by atoms with Gasteiger partial charge in [0.05, 0.1) is 19.6 Å². The molecular weight excluding hydrogens is 174 g/mol. The molecule has 0 radical (unpaired) electrons. The maximum Gasteiger partial charge on any atom is 0.288 e. The summed E-state index contributed by atoms with van der Waals surface area (Å²) in [6.07, 6.45) is 7.07. The van der Waals surface area contributed by atoms with Gasteiger partial charge in [-0.05, 0) is 20.8 Å². The first kappa shape index (κ1) is 13.0. The fourth-order valence-electron chi connectivity index (χ4n) is 1.54. The number of rotatable bonds is 6. The van der Waals surface area contributed by atoms with Crippen LogP contribution in [0.4, 0.5) is 0 Å². The molecule has 2 heteroatoms. The average Bonchev–Trinajstić information content (AvgIpc) is 2.22. The van der Waals surface area contributed by atoms with E-state index in [1.165, 1.54) is 0 Å². The Kier molecular flexibility index (Phi) is 5.97. The molecule has 0 aliphatic rings. The summed E-state index contributed by atoms with van der Waals surface area (Å²) in [4.78, 5) is 0. The molecule has 0 aliphatic heterocycles. The van der Waals surface area contributed by atoms with Crippen molar-refractivity contribution in [3.05, 3.63) is 36.8 Å². The molecule has 0 bridgehead atoms. The highest BCUT2D eigenvalue weighted by Gasteiger charge is 2.25. The van der Waals surface area contributed by atoms with Crippen LogP contribution in [0.25, 0.3) is 0 Å². The quantitative estimate of drug-likeness (QED) is 0.393. The lowest BCUT2D eigenvalue weighted by atomic mass is 10.3. The maximum atomic E-state index is 9.93. The van der Waals surface area contributed by atoms with Gasteiger partial charge >= 0.3 is 0 Å². The molecule has 14 heavy (non-hydrogen) atoms. The summed E-state index contributed by atoms with van der Waals surface area (Å²) in [5.74, 6) is 0.426. The second kappa shape index (κ2) is 6.44. The van der Waals surface area contributed by atoms with E-state index < -0.39 is 0 Å². The van der Waals surface area contributed by atoms with Gasteiger partial charge < -0.3 is 5.11 Å². The number of allylic oxidation sites excluding steroid dienone is 4. The summed E-state index contributed by atoms with van der Waals surface area (Å²) in [7, 11) is 0. The van der Waals surface area contributed by atoms with Crippen LogP contribution in [-0.2, 0) is 0 Å². The van der Waals surface area contributed by atoms with E-state index in [9.17, 15) is 5.11 Å². The first-order valence-corrected chi connectivity index (χ1v) is 5.21. The zero-order chi connectivity index (χ0) is 11.0. The van der Waals surface area contributed by atoms with Crippen molar-refractivity contribution in [2.24, 2.45) is 0 Å². The molecular formula is C12H22NO+.